The molecule has 1 fully saturated rings. The molecule has 0 aromatic heterocycles. The molecule has 0 atom stereocenters. The minimum absolute atomic E-state index is 0.248. The lowest BCUT2D eigenvalue weighted by atomic mass is 10.0. The number of thiol groups is 1. The van der Waals surface area contributed by atoms with Gasteiger partial charge in [-0.3, -0.25) is 0 Å². The highest BCUT2D eigenvalue weighted by Crippen LogP contribution is 2.25. The second kappa shape index (κ2) is 2.28. The van der Waals surface area contributed by atoms with Crippen LogP contribution in [0.5, 0.6) is 0 Å². The van der Waals surface area contributed by atoms with Crippen LogP contribution in [0.2, 0.25) is 0 Å². The molecule has 0 unspecified atom stereocenters. The fourth-order valence-electron chi connectivity index (χ4n) is 0.811. The molecule has 0 aliphatic carbocycles. The van der Waals surface area contributed by atoms with Crippen molar-refractivity contribution < 1.29 is 4.74 Å². The van der Waals surface area contributed by atoms with E-state index in [2.05, 4.69) is 19.6 Å². The fourth-order valence-corrected chi connectivity index (χ4v) is 0.994. The van der Waals surface area contributed by atoms with E-state index in [9.17, 15) is 0 Å². The first-order valence-electron chi connectivity index (χ1n) is 3.01. The maximum Gasteiger partial charge on any atom is 0.0479 e. The summed E-state index contributed by atoms with van der Waals surface area (Å²) in [5.41, 5.74) is 0. The second-order valence-corrected chi connectivity index (χ2v) is 3.69. The molecule has 0 radical (unpaired) electrons. The first-order chi connectivity index (χ1) is 3.71. The van der Waals surface area contributed by atoms with Crippen molar-refractivity contribution in [2.45, 2.75) is 24.5 Å². The average molecular weight is 132 g/mol. The van der Waals surface area contributed by atoms with Crippen molar-refractivity contribution in [3.05, 3.63) is 0 Å². The average Bonchev–Trinajstić information content (AvgIpc) is 1.65. The Bertz CT molecular complexity index is 72.6. The van der Waals surface area contributed by atoms with Crippen LogP contribution in [0.3, 0.4) is 0 Å². The summed E-state index contributed by atoms with van der Waals surface area (Å²) >= 11 is 4.44. The van der Waals surface area contributed by atoms with E-state index in [-0.39, 0.29) is 4.75 Å². The highest BCUT2D eigenvalue weighted by Gasteiger charge is 2.21. The van der Waals surface area contributed by atoms with Crippen LogP contribution in [-0.2, 0) is 4.74 Å². The lowest BCUT2D eigenvalue weighted by Crippen LogP contribution is -2.26. The molecule has 1 saturated heterocycles. The minimum atomic E-state index is 0.248. The van der Waals surface area contributed by atoms with Crippen LogP contribution in [0.15, 0.2) is 0 Å². The van der Waals surface area contributed by atoms with Gasteiger partial charge in [-0.1, -0.05) is 6.92 Å². The maximum atomic E-state index is 5.16. The molecule has 0 amide bonds. The Morgan fingerprint density at radius 3 is 2.12 bits per heavy atom. The van der Waals surface area contributed by atoms with Crippen molar-refractivity contribution >= 4 is 12.6 Å². The summed E-state index contributed by atoms with van der Waals surface area (Å²) in [7, 11) is 0. The van der Waals surface area contributed by atoms with Gasteiger partial charge < -0.3 is 4.74 Å². The molecule has 1 aliphatic heterocycles. The van der Waals surface area contributed by atoms with Crippen molar-refractivity contribution in [1.29, 1.82) is 0 Å². The summed E-state index contributed by atoms with van der Waals surface area (Å²) < 4.78 is 5.40. The lowest BCUT2D eigenvalue weighted by Gasteiger charge is -2.27. The van der Waals surface area contributed by atoms with Gasteiger partial charge in [0, 0.05) is 18.0 Å². The topological polar surface area (TPSA) is 9.23 Å². The monoisotopic (exact) mass is 132 g/mol. The van der Waals surface area contributed by atoms with Gasteiger partial charge in [-0.25, -0.2) is 0 Å². The number of hydrogen-bond donors (Lipinski definition) is 1. The smallest absolute Gasteiger partial charge is 0.0479 e. The van der Waals surface area contributed by atoms with Crippen molar-refractivity contribution in [2.24, 2.45) is 0 Å². The predicted molar refractivity (Wildman–Crippen MR) is 37.4 cm³/mol. The van der Waals surface area contributed by atoms with Crippen LogP contribution >= 0.6 is 12.6 Å². The summed E-state index contributed by atoms with van der Waals surface area (Å²) in [4.78, 5) is 0. The van der Waals surface area contributed by atoms with E-state index in [1.165, 1.54) is 0 Å². The molecule has 1 aliphatic rings. The third-order valence-electron chi connectivity index (χ3n) is 1.57. The molecule has 0 spiro atoms. The Balaban J connectivity index is 2.33. The Labute approximate surface area is 55.8 Å². The normalized spacial score (nSPS) is 27.8. The van der Waals surface area contributed by atoms with Gasteiger partial charge in [0.15, 0.2) is 0 Å². The summed E-state index contributed by atoms with van der Waals surface area (Å²) in [5.74, 6) is 0. The summed E-state index contributed by atoms with van der Waals surface area (Å²) in [6.45, 7) is 3.94. The molecule has 0 bridgehead atoms. The van der Waals surface area contributed by atoms with Crippen LogP contribution in [0.25, 0.3) is 0 Å². The van der Waals surface area contributed by atoms with Gasteiger partial charge in [-0.2, -0.15) is 12.6 Å². The number of rotatable bonds is 0. The second-order valence-electron chi connectivity index (χ2n) is 2.61. The van der Waals surface area contributed by atoms with E-state index in [1.54, 1.807) is 0 Å². The van der Waals surface area contributed by atoms with E-state index in [4.69, 9.17) is 4.74 Å². The van der Waals surface area contributed by atoms with Gasteiger partial charge in [0.25, 0.3) is 0 Å². The number of ether oxygens (including phenoxy) is 1. The predicted octanol–water partition coefficient (Wildman–Crippen LogP) is 1.49. The summed E-state index contributed by atoms with van der Waals surface area (Å²) in [6, 6.07) is 0. The van der Waals surface area contributed by atoms with Crippen LogP contribution in [-0.4, -0.2) is 18.0 Å². The minimum Gasteiger partial charge on any atom is -0.381 e. The molecule has 8 heavy (non-hydrogen) atoms. The molecule has 2 heteroatoms. The third-order valence-corrected chi connectivity index (χ3v) is 2.02. The van der Waals surface area contributed by atoms with E-state index in [1.807, 2.05) is 0 Å². The van der Waals surface area contributed by atoms with Gasteiger partial charge in [-0.15, -0.1) is 0 Å². The Morgan fingerprint density at radius 2 is 1.88 bits per heavy atom. The molecular formula is C6H12OS. The quantitative estimate of drug-likeness (QED) is 0.491. The maximum absolute atomic E-state index is 5.16. The highest BCUT2D eigenvalue weighted by atomic mass is 32.1. The van der Waals surface area contributed by atoms with Gasteiger partial charge in [0.1, 0.15) is 0 Å². The zero-order valence-electron chi connectivity index (χ0n) is 5.18. The Kier molecular flexibility index (Phi) is 1.83. The van der Waals surface area contributed by atoms with Crippen LogP contribution in [0.1, 0.15) is 19.8 Å². The molecule has 48 valence electrons. The first kappa shape index (κ1) is 6.43. The molecule has 0 saturated carbocycles. The van der Waals surface area contributed by atoms with Crippen molar-refractivity contribution in [2.75, 3.05) is 13.2 Å². The van der Waals surface area contributed by atoms with Crippen molar-refractivity contribution in [3.63, 3.8) is 0 Å². The molecule has 1 rings (SSSR count). The highest BCUT2D eigenvalue weighted by molar-refractivity contribution is 7.81. The van der Waals surface area contributed by atoms with E-state index in [0.717, 1.165) is 26.1 Å². The largest absolute Gasteiger partial charge is 0.381 e. The van der Waals surface area contributed by atoms with Crippen LogP contribution < -0.4 is 0 Å². The molecule has 0 N–H and O–H groups in total. The fraction of sp³-hybridized carbons (Fsp3) is 1.00. The van der Waals surface area contributed by atoms with Gasteiger partial charge in [0.2, 0.25) is 0 Å². The summed E-state index contributed by atoms with van der Waals surface area (Å²) in [6.07, 6.45) is 2.19. The number of hydrogen-bond acceptors (Lipinski definition) is 2. The standard InChI is InChI=1S/C6H12OS/c1-6(8)2-4-7-5-3-6/h8H,2-5H2,1H3. The molecular weight excluding hydrogens is 120 g/mol. The molecule has 0 aromatic rings. The first-order valence-corrected chi connectivity index (χ1v) is 3.46. The molecule has 1 nitrogen and oxygen atoms in total. The van der Waals surface area contributed by atoms with E-state index >= 15 is 0 Å². The molecule has 1 heterocycles. The SMILES string of the molecule is CC1(S)CCOCC1. The van der Waals surface area contributed by atoms with Gasteiger partial charge >= 0.3 is 0 Å². The zero-order chi connectivity index (χ0) is 6.04. The van der Waals surface area contributed by atoms with Gasteiger partial charge in [-0.05, 0) is 12.8 Å². The summed E-state index contributed by atoms with van der Waals surface area (Å²) in [5, 5.41) is 0. The van der Waals surface area contributed by atoms with E-state index < -0.39 is 0 Å². The zero-order valence-corrected chi connectivity index (χ0v) is 6.08. The van der Waals surface area contributed by atoms with Crippen LogP contribution in [0, 0.1) is 0 Å². The third kappa shape index (κ3) is 1.67. The molecule has 0 aromatic carbocycles. The van der Waals surface area contributed by atoms with Gasteiger partial charge in [0.05, 0.1) is 0 Å². The van der Waals surface area contributed by atoms with Crippen molar-refractivity contribution in [1.82, 2.24) is 0 Å². The van der Waals surface area contributed by atoms with Crippen molar-refractivity contribution in [3.8, 4) is 0 Å². The van der Waals surface area contributed by atoms with E-state index in [0.29, 0.717) is 0 Å². The Hall–Kier alpha value is 0.310. The Morgan fingerprint density at radius 1 is 1.38 bits per heavy atom. The van der Waals surface area contributed by atoms with Crippen LogP contribution in [0.4, 0.5) is 0 Å². The lowest BCUT2D eigenvalue weighted by molar-refractivity contribution is 0.0820.